The molecule has 4 nitrogen and oxygen atoms in total. The highest BCUT2D eigenvalue weighted by atomic mass is 35.5. The standard InChI is InChI=1S/C19H21ClN2O2/c1-13-2-3-14(12-23)11-22(13)19(24)17-8-16(9-21-10-17)15-4-6-18(20)7-5-15/h4-10,13-14,23H,2-3,11-12H2,1H3. The minimum Gasteiger partial charge on any atom is -0.396 e. The smallest absolute Gasteiger partial charge is 0.255 e. The number of aliphatic hydroxyl groups excluding tert-OH is 1. The van der Waals surface area contributed by atoms with Crippen molar-refractivity contribution in [2.75, 3.05) is 13.2 Å². The molecule has 1 saturated heterocycles. The van der Waals surface area contributed by atoms with Crippen LogP contribution in [0.1, 0.15) is 30.1 Å². The number of rotatable bonds is 3. The number of aliphatic hydroxyl groups is 1. The number of pyridine rings is 1. The molecule has 1 aromatic heterocycles. The molecule has 5 heteroatoms. The Balaban J connectivity index is 1.85. The molecule has 126 valence electrons. The minimum atomic E-state index is -0.0241. The van der Waals surface area contributed by atoms with Crippen molar-refractivity contribution in [3.8, 4) is 11.1 Å². The molecule has 2 atom stereocenters. The molecule has 2 unspecified atom stereocenters. The van der Waals surface area contributed by atoms with Crippen molar-refractivity contribution in [3.63, 3.8) is 0 Å². The molecule has 0 radical (unpaired) electrons. The number of hydrogen-bond donors (Lipinski definition) is 1. The molecule has 0 aliphatic carbocycles. The number of piperidine rings is 1. The summed E-state index contributed by atoms with van der Waals surface area (Å²) in [6, 6.07) is 9.53. The van der Waals surface area contributed by atoms with Crippen LogP contribution in [-0.4, -0.2) is 40.1 Å². The maximum atomic E-state index is 12.9. The van der Waals surface area contributed by atoms with E-state index < -0.39 is 0 Å². The highest BCUT2D eigenvalue weighted by Crippen LogP contribution is 2.25. The number of benzene rings is 1. The Morgan fingerprint density at radius 1 is 1.25 bits per heavy atom. The molecule has 0 bridgehead atoms. The van der Waals surface area contributed by atoms with E-state index in [2.05, 4.69) is 11.9 Å². The van der Waals surface area contributed by atoms with Crippen molar-refractivity contribution in [2.24, 2.45) is 5.92 Å². The van der Waals surface area contributed by atoms with E-state index >= 15 is 0 Å². The second kappa shape index (κ2) is 7.32. The van der Waals surface area contributed by atoms with E-state index in [-0.39, 0.29) is 24.5 Å². The highest BCUT2D eigenvalue weighted by molar-refractivity contribution is 6.30. The first-order valence-electron chi connectivity index (χ1n) is 8.21. The molecule has 1 N–H and O–H groups in total. The van der Waals surface area contributed by atoms with Gasteiger partial charge in [-0.2, -0.15) is 0 Å². The van der Waals surface area contributed by atoms with Gasteiger partial charge >= 0.3 is 0 Å². The summed E-state index contributed by atoms with van der Waals surface area (Å²) < 4.78 is 0. The van der Waals surface area contributed by atoms with Crippen molar-refractivity contribution in [1.82, 2.24) is 9.88 Å². The fourth-order valence-corrected chi connectivity index (χ4v) is 3.26. The van der Waals surface area contributed by atoms with Gasteiger partial charge in [-0.1, -0.05) is 23.7 Å². The summed E-state index contributed by atoms with van der Waals surface area (Å²) in [6.45, 7) is 2.78. The van der Waals surface area contributed by atoms with Gasteiger partial charge in [0.2, 0.25) is 0 Å². The van der Waals surface area contributed by atoms with Gasteiger partial charge in [0.1, 0.15) is 0 Å². The predicted octanol–water partition coefficient (Wildman–Crippen LogP) is 3.64. The largest absolute Gasteiger partial charge is 0.396 e. The predicted molar refractivity (Wildman–Crippen MR) is 95.0 cm³/mol. The number of halogens is 1. The SMILES string of the molecule is CC1CCC(CO)CN1C(=O)c1cncc(-c2ccc(Cl)cc2)c1. The zero-order valence-electron chi connectivity index (χ0n) is 13.7. The van der Waals surface area contributed by atoms with Gasteiger partial charge in [0, 0.05) is 42.2 Å². The molecule has 0 spiro atoms. The topological polar surface area (TPSA) is 53.4 Å². The number of carbonyl (C=O) groups is 1. The van der Waals surface area contributed by atoms with Crippen LogP contribution in [0.15, 0.2) is 42.7 Å². The van der Waals surface area contributed by atoms with E-state index in [1.54, 1.807) is 12.4 Å². The lowest BCUT2D eigenvalue weighted by Crippen LogP contribution is -2.46. The first kappa shape index (κ1) is 16.9. The minimum absolute atomic E-state index is 0.0241. The second-order valence-corrected chi connectivity index (χ2v) is 6.84. The van der Waals surface area contributed by atoms with Crippen molar-refractivity contribution < 1.29 is 9.90 Å². The maximum absolute atomic E-state index is 12.9. The molecule has 2 heterocycles. The van der Waals surface area contributed by atoms with Gasteiger partial charge in [0.25, 0.3) is 5.91 Å². The molecule has 1 fully saturated rings. The molecule has 0 saturated carbocycles. The van der Waals surface area contributed by atoms with Crippen molar-refractivity contribution >= 4 is 17.5 Å². The van der Waals surface area contributed by atoms with Crippen LogP contribution in [0.5, 0.6) is 0 Å². The number of amides is 1. The monoisotopic (exact) mass is 344 g/mol. The maximum Gasteiger partial charge on any atom is 0.255 e. The fourth-order valence-electron chi connectivity index (χ4n) is 3.14. The molecule has 1 amide bonds. The first-order chi connectivity index (χ1) is 11.6. The van der Waals surface area contributed by atoms with Crippen molar-refractivity contribution in [2.45, 2.75) is 25.8 Å². The van der Waals surface area contributed by atoms with Crippen LogP contribution < -0.4 is 0 Å². The van der Waals surface area contributed by atoms with Crippen LogP contribution in [0.2, 0.25) is 5.02 Å². The summed E-state index contributed by atoms with van der Waals surface area (Å²) in [5, 5.41) is 10.1. The third-order valence-corrected chi connectivity index (χ3v) is 4.91. The Hall–Kier alpha value is -1.91. The summed E-state index contributed by atoms with van der Waals surface area (Å²) in [5.41, 5.74) is 2.44. The van der Waals surface area contributed by atoms with Crippen LogP contribution in [-0.2, 0) is 0 Å². The molecule has 2 aromatic rings. The summed E-state index contributed by atoms with van der Waals surface area (Å²) in [7, 11) is 0. The van der Waals surface area contributed by atoms with E-state index in [1.807, 2.05) is 35.2 Å². The second-order valence-electron chi connectivity index (χ2n) is 6.40. The van der Waals surface area contributed by atoms with Crippen molar-refractivity contribution in [3.05, 3.63) is 53.3 Å². The van der Waals surface area contributed by atoms with Crippen LogP contribution in [0.25, 0.3) is 11.1 Å². The fraction of sp³-hybridized carbons (Fsp3) is 0.368. The lowest BCUT2D eigenvalue weighted by atomic mass is 9.93. The van der Waals surface area contributed by atoms with E-state index in [0.29, 0.717) is 17.1 Å². The van der Waals surface area contributed by atoms with E-state index in [0.717, 1.165) is 24.0 Å². The normalized spacial score (nSPS) is 20.9. The number of nitrogens with zero attached hydrogens (tertiary/aromatic N) is 2. The third-order valence-electron chi connectivity index (χ3n) is 4.66. The van der Waals surface area contributed by atoms with Crippen LogP contribution in [0.4, 0.5) is 0 Å². The molecule has 1 aliphatic heterocycles. The number of aromatic nitrogens is 1. The Labute approximate surface area is 147 Å². The number of likely N-dealkylation sites (tertiary alicyclic amines) is 1. The van der Waals surface area contributed by atoms with Gasteiger partial charge in [-0.15, -0.1) is 0 Å². The lowest BCUT2D eigenvalue weighted by Gasteiger charge is -2.37. The third kappa shape index (κ3) is 3.60. The number of carbonyl (C=O) groups excluding carboxylic acids is 1. The Bertz CT molecular complexity index is 718. The average molecular weight is 345 g/mol. The molecule has 24 heavy (non-hydrogen) atoms. The summed E-state index contributed by atoms with van der Waals surface area (Å²) in [6.07, 6.45) is 5.24. The molecular weight excluding hydrogens is 324 g/mol. The molecule has 1 aliphatic rings. The summed E-state index contributed by atoms with van der Waals surface area (Å²) in [5.74, 6) is 0.140. The Morgan fingerprint density at radius 2 is 2.00 bits per heavy atom. The van der Waals surface area contributed by atoms with Gasteiger partial charge in [-0.25, -0.2) is 0 Å². The van der Waals surface area contributed by atoms with Crippen LogP contribution in [0, 0.1) is 5.92 Å². The van der Waals surface area contributed by atoms with Gasteiger partial charge in [-0.05, 0) is 49.4 Å². The van der Waals surface area contributed by atoms with E-state index in [4.69, 9.17) is 11.6 Å². The Kier molecular flexibility index (Phi) is 5.17. The van der Waals surface area contributed by atoms with Crippen LogP contribution >= 0.6 is 11.6 Å². The quantitative estimate of drug-likeness (QED) is 0.925. The van der Waals surface area contributed by atoms with E-state index in [9.17, 15) is 9.90 Å². The zero-order chi connectivity index (χ0) is 17.1. The van der Waals surface area contributed by atoms with Crippen LogP contribution in [0.3, 0.4) is 0 Å². The van der Waals surface area contributed by atoms with Gasteiger partial charge in [0.15, 0.2) is 0 Å². The van der Waals surface area contributed by atoms with Gasteiger partial charge in [0.05, 0.1) is 5.56 Å². The summed E-state index contributed by atoms with van der Waals surface area (Å²) in [4.78, 5) is 19.0. The molecular formula is C19H21ClN2O2. The van der Waals surface area contributed by atoms with Crippen molar-refractivity contribution in [1.29, 1.82) is 0 Å². The average Bonchev–Trinajstić information content (AvgIpc) is 2.62. The van der Waals surface area contributed by atoms with E-state index in [1.165, 1.54) is 0 Å². The molecule has 3 rings (SSSR count). The van der Waals surface area contributed by atoms with Gasteiger partial charge < -0.3 is 10.0 Å². The first-order valence-corrected chi connectivity index (χ1v) is 8.59. The lowest BCUT2D eigenvalue weighted by molar-refractivity contribution is 0.0488. The zero-order valence-corrected chi connectivity index (χ0v) is 14.4. The molecule has 1 aromatic carbocycles. The summed E-state index contributed by atoms with van der Waals surface area (Å²) >= 11 is 5.93. The van der Waals surface area contributed by atoms with Gasteiger partial charge in [-0.3, -0.25) is 9.78 Å². The number of hydrogen-bond acceptors (Lipinski definition) is 3. The highest BCUT2D eigenvalue weighted by Gasteiger charge is 2.29. The Morgan fingerprint density at radius 3 is 2.71 bits per heavy atom.